The lowest BCUT2D eigenvalue weighted by Crippen LogP contribution is -2.35. The number of nitrogens with zero attached hydrogens (tertiary/aromatic N) is 3. The first-order valence-electron chi connectivity index (χ1n) is 10.8. The number of thiophene rings is 1. The Balaban J connectivity index is 1.47. The summed E-state index contributed by atoms with van der Waals surface area (Å²) in [5.74, 6) is 0.126. The Kier molecular flexibility index (Phi) is 7.13. The molecule has 0 radical (unpaired) electrons. The van der Waals surface area contributed by atoms with E-state index in [0.29, 0.717) is 18.2 Å². The lowest BCUT2D eigenvalue weighted by atomic mass is 10.1. The second-order valence-corrected chi connectivity index (χ2v) is 10.1. The molecule has 0 unspecified atom stereocenters. The van der Waals surface area contributed by atoms with E-state index in [-0.39, 0.29) is 23.3 Å². The third kappa shape index (κ3) is 4.67. The minimum Gasteiger partial charge on any atom is -0.353 e. The summed E-state index contributed by atoms with van der Waals surface area (Å²) in [4.78, 5) is 34.8. The molecule has 4 rings (SSSR count). The van der Waals surface area contributed by atoms with E-state index in [1.807, 2.05) is 32.3 Å². The van der Waals surface area contributed by atoms with Crippen LogP contribution in [0, 0.1) is 0 Å². The van der Waals surface area contributed by atoms with E-state index in [9.17, 15) is 9.59 Å². The Hall–Kier alpha value is -2.42. The summed E-state index contributed by atoms with van der Waals surface area (Å²) in [5, 5.41) is 4.37. The van der Waals surface area contributed by atoms with Crippen molar-refractivity contribution in [1.82, 2.24) is 19.8 Å². The molecule has 32 heavy (non-hydrogen) atoms. The molecular formula is C24H28N4O2S2. The molecule has 0 saturated carbocycles. The fraction of sp³-hybridized carbons (Fsp3) is 0.375. The Morgan fingerprint density at radius 1 is 1.34 bits per heavy atom. The van der Waals surface area contributed by atoms with Gasteiger partial charge in [-0.15, -0.1) is 17.9 Å². The second-order valence-electron chi connectivity index (χ2n) is 8.12. The number of aryl methyl sites for hydroxylation is 2. The molecule has 1 atom stereocenters. The molecule has 1 aromatic carbocycles. The Morgan fingerprint density at radius 3 is 2.84 bits per heavy atom. The van der Waals surface area contributed by atoms with Gasteiger partial charge in [0.2, 0.25) is 5.91 Å². The second kappa shape index (κ2) is 10.0. The number of carbonyl (C=O) groups excluding carboxylic acids is 1. The molecule has 2 aromatic heterocycles. The summed E-state index contributed by atoms with van der Waals surface area (Å²) in [7, 11) is 4.01. The molecule has 0 spiro atoms. The molecule has 6 nitrogen and oxygen atoms in total. The van der Waals surface area contributed by atoms with Gasteiger partial charge in [-0.05, 0) is 44.5 Å². The van der Waals surface area contributed by atoms with E-state index in [4.69, 9.17) is 4.98 Å². The topological polar surface area (TPSA) is 67.2 Å². The van der Waals surface area contributed by atoms with Crippen LogP contribution in [0.25, 0.3) is 10.2 Å². The SMILES string of the molecule is C=CCn1c(SCC(=O)NC[C@H](c2ccccc2)N(C)C)nc2sc3c(c2c1=O)CCC3. The van der Waals surface area contributed by atoms with Crippen LogP contribution >= 0.6 is 23.1 Å². The number of allylic oxidation sites excluding steroid dienone is 1. The van der Waals surface area contributed by atoms with Crippen molar-refractivity contribution in [2.75, 3.05) is 26.4 Å². The average molecular weight is 469 g/mol. The number of rotatable bonds is 9. The molecule has 0 fully saturated rings. The van der Waals surface area contributed by atoms with Gasteiger partial charge in [-0.3, -0.25) is 14.2 Å². The predicted molar refractivity (Wildman–Crippen MR) is 133 cm³/mol. The van der Waals surface area contributed by atoms with E-state index in [1.165, 1.54) is 22.2 Å². The molecule has 3 aromatic rings. The summed E-state index contributed by atoms with van der Waals surface area (Å²) in [5.41, 5.74) is 2.31. The van der Waals surface area contributed by atoms with Crippen molar-refractivity contribution in [2.45, 2.75) is 37.0 Å². The minimum atomic E-state index is -0.0778. The first-order chi connectivity index (χ1) is 15.5. The summed E-state index contributed by atoms with van der Waals surface area (Å²) in [6, 6.07) is 10.2. The largest absolute Gasteiger partial charge is 0.353 e. The molecule has 0 saturated heterocycles. The molecule has 8 heteroatoms. The van der Waals surface area contributed by atoms with Crippen molar-refractivity contribution in [2.24, 2.45) is 0 Å². The number of amides is 1. The lowest BCUT2D eigenvalue weighted by Gasteiger charge is -2.25. The van der Waals surface area contributed by atoms with Gasteiger partial charge in [0.15, 0.2) is 5.16 Å². The molecule has 168 valence electrons. The number of carbonyl (C=O) groups is 1. The van der Waals surface area contributed by atoms with Gasteiger partial charge in [-0.2, -0.15) is 0 Å². The summed E-state index contributed by atoms with van der Waals surface area (Å²) >= 11 is 2.93. The predicted octanol–water partition coefficient (Wildman–Crippen LogP) is 3.64. The van der Waals surface area contributed by atoms with Crippen LogP contribution in [0.2, 0.25) is 0 Å². The number of hydrogen-bond acceptors (Lipinski definition) is 6. The summed E-state index contributed by atoms with van der Waals surface area (Å²) in [6.07, 6.45) is 4.78. The highest BCUT2D eigenvalue weighted by molar-refractivity contribution is 7.99. The maximum atomic E-state index is 13.2. The maximum absolute atomic E-state index is 13.2. The van der Waals surface area contributed by atoms with Gasteiger partial charge in [-0.25, -0.2) is 4.98 Å². The third-order valence-electron chi connectivity index (χ3n) is 5.73. The van der Waals surface area contributed by atoms with Crippen molar-refractivity contribution in [3.8, 4) is 0 Å². The highest BCUT2D eigenvalue weighted by Gasteiger charge is 2.23. The van der Waals surface area contributed by atoms with Gasteiger partial charge in [0.25, 0.3) is 5.56 Å². The quantitative estimate of drug-likeness (QED) is 0.295. The molecule has 2 heterocycles. The highest BCUT2D eigenvalue weighted by atomic mass is 32.2. The zero-order chi connectivity index (χ0) is 22.7. The fourth-order valence-corrected chi connectivity index (χ4v) is 6.26. The normalized spacial score (nSPS) is 14.0. The molecular weight excluding hydrogens is 440 g/mol. The lowest BCUT2D eigenvalue weighted by molar-refractivity contribution is -0.118. The number of nitrogens with one attached hydrogen (secondary N) is 1. The molecule has 1 aliphatic carbocycles. The van der Waals surface area contributed by atoms with E-state index in [2.05, 4.69) is 28.9 Å². The zero-order valence-corrected chi connectivity index (χ0v) is 20.1. The number of benzene rings is 1. The Labute approximate surface area is 196 Å². The van der Waals surface area contributed by atoms with Crippen molar-refractivity contribution in [1.29, 1.82) is 0 Å². The molecule has 1 N–H and O–H groups in total. The fourth-order valence-electron chi connectivity index (χ4n) is 4.12. The van der Waals surface area contributed by atoms with Crippen molar-refractivity contribution >= 4 is 39.2 Å². The van der Waals surface area contributed by atoms with Crippen molar-refractivity contribution in [3.63, 3.8) is 0 Å². The van der Waals surface area contributed by atoms with Crippen LogP contribution < -0.4 is 10.9 Å². The van der Waals surface area contributed by atoms with Crippen LogP contribution in [0.1, 0.15) is 28.5 Å². The Bertz CT molecular complexity index is 1180. The third-order valence-corrected chi connectivity index (χ3v) is 7.90. The van der Waals surface area contributed by atoms with Gasteiger partial charge >= 0.3 is 0 Å². The van der Waals surface area contributed by atoms with Crippen LogP contribution in [0.4, 0.5) is 0 Å². The smallest absolute Gasteiger partial charge is 0.263 e. The van der Waals surface area contributed by atoms with Crippen LogP contribution in [0.5, 0.6) is 0 Å². The highest BCUT2D eigenvalue weighted by Crippen LogP contribution is 2.35. The van der Waals surface area contributed by atoms with Crippen LogP contribution in [0.15, 0.2) is 52.9 Å². The summed E-state index contributed by atoms with van der Waals surface area (Å²) in [6.45, 7) is 4.69. The van der Waals surface area contributed by atoms with Crippen LogP contribution in [0.3, 0.4) is 0 Å². The number of fused-ring (bicyclic) bond motifs is 3. The van der Waals surface area contributed by atoms with Crippen molar-refractivity contribution in [3.05, 3.63) is 69.3 Å². The number of likely N-dealkylation sites (N-methyl/N-ethyl adjacent to an activating group) is 1. The number of hydrogen-bond donors (Lipinski definition) is 1. The molecule has 1 amide bonds. The van der Waals surface area contributed by atoms with Gasteiger partial charge < -0.3 is 10.2 Å². The first-order valence-corrected chi connectivity index (χ1v) is 12.6. The molecule has 0 bridgehead atoms. The van der Waals surface area contributed by atoms with Gasteiger partial charge in [0.1, 0.15) is 4.83 Å². The van der Waals surface area contributed by atoms with Crippen molar-refractivity contribution < 1.29 is 4.79 Å². The van der Waals surface area contributed by atoms with Gasteiger partial charge in [0, 0.05) is 18.0 Å². The number of thioether (sulfide) groups is 1. The van der Waals surface area contributed by atoms with E-state index in [1.54, 1.807) is 22.0 Å². The first kappa shape index (κ1) is 22.8. The standard InChI is InChI=1S/C24H28N4O2S2/c1-4-13-28-23(30)21-17-11-8-12-19(17)32-22(21)26-24(28)31-15-20(29)25-14-18(27(2)3)16-9-6-5-7-10-16/h4-7,9-10,18H,1,8,11-15H2,2-3H3,(H,25,29)/t18-/m1/s1. The van der Waals surface area contributed by atoms with Gasteiger partial charge in [-0.1, -0.05) is 48.2 Å². The van der Waals surface area contributed by atoms with Crippen LogP contribution in [-0.2, 0) is 24.2 Å². The Morgan fingerprint density at radius 2 is 2.12 bits per heavy atom. The average Bonchev–Trinajstić information content (AvgIpc) is 3.36. The molecule has 0 aliphatic heterocycles. The monoisotopic (exact) mass is 468 g/mol. The maximum Gasteiger partial charge on any atom is 0.263 e. The van der Waals surface area contributed by atoms with E-state index in [0.717, 1.165) is 35.0 Å². The van der Waals surface area contributed by atoms with E-state index >= 15 is 0 Å². The summed E-state index contributed by atoms with van der Waals surface area (Å²) < 4.78 is 1.64. The van der Waals surface area contributed by atoms with E-state index < -0.39 is 0 Å². The van der Waals surface area contributed by atoms with Crippen LogP contribution in [-0.4, -0.2) is 46.8 Å². The number of aromatic nitrogens is 2. The zero-order valence-electron chi connectivity index (χ0n) is 18.5. The van der Waals surface area contributed by atoms with Gasteiger partial charge in [0.05, 0.1) is 17.2 Å². The molecule has 1 aliphatic rings. The minimum absolute atomic E-state index is 0.0195.